The van der Waals surface area contributed by atoms with Gasteiger partial charge in [-0.3, -0.25) is 0 Å². The number of hydrogen-bond acceptors (Lipinski definition) is 2. The van der Waals surface area contributed by atoms with Gasteiger partial charge in [-0.1, -0.05) is 13.3 Å². The molecule has 0 aromatic carbocycles. The fraction of sp³-hybridized carbons (Fsp3) is 0.500. The first-order valence-corrected chi connectivity index (χ1v) is 5.28. The summed E-state index contributed by atoms with van der Waals surface area (Å²) in [6.07, 6.45) is 3.97. The van der Waals surface area contributed by atoms with Crippen molar-refractivity contribution in [3.63, 3.8) is 0 Å². The highest BCUT2D eigenvalue weighted by Crippen LogP contribution is 1.98. The average molecular weight is 212 g/mol. The van der Waals surface area contributed by atoms with E-state index in [0.29, 0.717) is 11.7 Å². The van der Waals surface area contributed by atoms with E-state index in [1.54, 1.807) is 6.26 Å². The van der Waals surface area contributed by atoms with Gasteiger partial charge in [0.25, 0.3) is 0 Å². The lowest BCUT2D eigenvalue weighted by molar-refractivity contribution is 0.502. The van der Waals surface area contributed by atoms with Crippen LogP contribution in [0.2, 0.25) is 0 Å². The minimum atomic E-state index is 0.644. The first kappa shape index (κ1) is 11.0. The third kappa shape index (κ3) is 4.28. The lowest BCUT2D eigenvalue weighted by Crippen LogP contribution is -2.35. The second-order valence-electron chi connectivity index (χ2n) is 3.04. The van der Waals surface area contributed by atoms with Gasteiger partial charge in [0.05, 0.1) is 12.8 Å². The summed E-state index contributed by atoms with van der Waals surface area (Å²) in [6.45, 7) is 3.73. The summed E-state index contributed by atoms with van der Waals surface area (Å²) in [6, 6.07) is 3.78. The standard InChI is InChI=1S/C10H16N2OS/c1-2-3-6-11-10(14)12-8-9-5-4-7-13-9/h4-5,7H,2-3,6,8H2,1H3,(H2,11,12,14). The van der Waals surface area contributed by atoms with E-state index in [0.717, 1.165) is 18.7 Å². The van der Waals surface area contributed by atoms with Crippen molar-refractivity contribution in [2.75, 3.05) is 6.54 Å². The van der Waals surface area contributed by atoms with Gasteiger partial charge >= 0.3 is 0 Å². The van der Waals surface area contributed by atoms with Gasteiger partial charge in [-0.25, -0.2) is 0 Å². The Balaban J connectivity index is 2.09. The molecule has 4 heteroatoms. The Morgan fingerprint density at radius 1 is 1.50 bits per heavy atom. The van der Waals surface area contributed by atoms with E-state index in [9.17, 15) is 0 Å². The van der Waals surface area contributed by atoms with Gasteiger partial charge in [-0.2, -0.15) is 0 Å². The summed E-state index contributed by atoms with van der Waals surface area (Å²) in [5, 5.41) is 6.88. The Bertz CT molecular complexity index is 259. The predicted octanol–water partition coefficient (Wildman–Crippen LogP) is 2.04. The van der Waals surface area contributed by atoms with Crippen LogP contribution in [0, 0.1) is 0 Å². The fourth-order valence-corrected chi connectivity index (χ4v) is 1.20. The molecule has 0 fully saturated rings. The number of nitrogens with one attached hydrogen (secondary N) is 2. The first-order valence-electron chi connectivity index (χ1n) is 4.87. The summed E-state index contributed by atoms with van der Waals surface area (Å²) in [4.78, 5) is 0. The normalized spacial score (nSPS) is 9.79. The van der Waals surface area contributed by atoms with Gasteiger partial charge in [-0.15, -0.1) is 0 Å². The van der Waals surface area contributed by atoms with Crippen LogP contribution in [-0.4, -0.2) is 11.7 Å². The molecule has 0 aliphatic heterocycles. The largest absolute Gasteiger partial charge is 0.467 e. The smallest absolute Gasteiger partial charge is 0.166 e. The van der Waals surface area contributed by atoms with Gasteiger partial charge in [-0.05, 0) is 30.8 Å². The van der Waals surface area contributed by atoms with Crippen molar-refractivity contribution in [2.24, 2.45) is 0 Å². The summed E-state index contributed by atoms with van der Waals surface area (Å²) in [7, 11) is 0. The Morgan fingerprint density at radius 2 is 2.36 bits per heavy atom. The van der Waals surface area contributed by atoms with Crippen molar-refractivity contribution < 1.29 is 4.42 Å². The minimum Gasteiger partial charge on any atom is -0.467 e. The second-order valence-corrected chi connectivity index (χ2v) is 3.45. The van der Waals surface area contributed by atoms with Gasteiger partial charge in [0.2, 0.25) is 0 Å². The Morgan fingerprint density at radius 3 is 3.00 bits per heavy atom. The third-order valence-corrected chi connectivity index (χ3v) is 2.11. The quantitative estimate of drug-likeness (QED) is 0.578. The molecule has 0 amide bonds. The Kier molecular flexibility index (Phi) is 5.07. The lowest BCUT2D eigenvalue weighted by atomic mass is 10.3. The van der Waals surface area contributed by atoms with E-state index < -0.39 is 0 Å². The highest BCUT2D eigenvalue weighted by Gasteiger charge is 1.96. The molecule has 0 saturated heterocycles. The SMILES string of the molecule is CCCCNC(=S)NCc1ccco1. The number of thiocarbonyl (C=S) groups is 1. The van der Waals surface area contributed by atoms with E-state index in [1.165, 1.54) is 6.42 Å². The molecule has 0 aliphatic carbocycles. The van der Waals surface area contributed by atoms with Crippen molar-refractivity contribution in [3.8, 4) is 0 Å². The number of furan rings is 1. The summed E-state index contributed by atoms with van der Waals surface area (Å²) in [5.74, 6) is 0.893. The summed E-state index contributed by atoms with van der Waals surface area (Å²) >= 11 is 5.08. The highest BCUT2D eigenvalue weighted by atomic mass is 32.1. The van der Waals surface area contributed by atoms with Crippen LogP contribution in [0.3, 0.4) is 0 Å². The van der Waals surface area contributed by atoms with E-state index in [1.807, 2.05) is 12.1 Å². The minimum absolute atomic E-state index is 0.644. The third-order valence-electron chi connectivity index (χ3n) is 1.82. The van der Waals surface area contributed by atoms with E-state index in [4.69, 9.17) is 16.6 Å². The van der Waals surface area contributed by atoms with Crippen LogP contribution in [0.5, 0.6) is 0 Å². The Labute approximate surface area is 89.9 Å². The molecular formula is C10H16N2OS. The molecule has 0 aliphatic rings. The van der Waals surface area contributed by atoms with Crippen molar-refractivity contribution in [2.45, 2.75) is 26.3 Å². The Hall–Kier alpha value is -1.03. The van der Waals surface area contributed by atoms with Crippen molar-refractivity contribution in [1.29, 1.82) is 0 Å². The van der Waals surface area contributed by atoms with Crippen molar-refractivity contribution in [3.05, 3.63) is 24.2 Å². The van der Waals surface area contributed by atoms with E-state index in [-0.39, 0.29) is 0 Å². The van der Waals surface area contributed by atoms with E-state index >= 15 is 0 Å². The van der Waals surface area contributed by atoms with Gasteiger partial charge < -0.3 is 15.1 Å². The predicted molar refractivity (Wildman–Crippen MR) is 61.1 cm³/mol. The molecule has 0 atom stereocenters. The molecule has 0 radical (unpaired) electrons. The molecular weight excluding hydrogens is 196 g/mol. The van der Waals surface area contributed by atoms with Crippen LogP contribution in [0.1, 0.15) is 25.5 Å². The lowest BCUT2D eigenvalue weighted by Gasteiger charge is -2.08. The molecule has 78 valence electrons. The zero-order valence-electron chi connectivity index (χ0n) is 8.38. The van der Waals surface area contributed by atoms with Gasteiger partial charge in [0.1, 0.15) is 5.76 Å². The number of unbranched alkanes of at least 4 members (excludes halogenated alkanes) is 1. The molecule has 3 nitrogen and oxygen atoms in total. The molecule has 0 saturated carbocycles. The molecule has 0 bridgehead atoms. The van der Waals surface area contributed by atoms with Crippen LogP contribution < -0.4 is 10.6 Å². The van der Waals surface area contributed by atoms with Gasteiger partial charge in [0, 0.05) is 6.54 Å². The molecule has 0 unspecified atom stereocenters. The molecule has 2 N–H and O–H groups in total. The monoisotopic (exact) mass is 212 g/mol. The molecule has 1 heterocycles. The fourth-order valence-electron chi connectivity index (χ4n) is 1.02. The second kappa shape index (κ2) is 6.43. The van der Waals surface area contributed by atoms with Crippen LogP contribution in [0.4, 0.5) is 0 Å². The average Bonchev–Trinajstić information content (AvgIpc) is 2.68. The molecule has 1 aromatic rings. The van der Waals surface area contributed by atoms with Crippen molar-refractivity contribution in [1.82, 2.24) is 10.6 Å². The first-order chi connectivity index (χ1) is 6.83. The molecule has 14 heavy (non-hydrogen) atoms. The number of hydrogen-bond donors (Lipinski definition) is 2. The zero-order valence-corrected chi connectivity index (χ0v) is 9.19. The molecule has 1 aromatic heterocycles. The van der Waals surface area contributed by atoms with Crippen LogP contribution >= 0.6 is 12.2 Å². The summed E-state index contributed by atoms with van der Waals surface area (Å²) < 4.78 is 5.16. The van der Waals surface area contributed by atoms with Gasteiger partial charge in [0.15, 0.2) is 5.11 Å². The van der Waals surface area contributed by atoms with E-state index in [2.05, 4.69) is 17.6 Å². The summed E-state index contributed by atoms with van der Waals surface area (Å²) in [5.41, 5.74) is 0. The zero-order chi connectivity index (χ0) is 10.2. The highest BCUT2D eigenvalue weighted by molar-refractivity contribution is 7.80. The van der Waals surface area contributed by atoms with Crippen LogP contribution in [-0.2, 0) is 6.54 Å². The van der Waals surface area contributed by atoms with Crippen LogP contribution in [0.15, 0.2) is 22.8 Å². The molecule has 0 spiro atoms. The van der Waals surface area contributed by atoms with Crippen LogP contribution in [0.25, 0.3) is 0 Å². The number of rotatable bonds is 5. The maximum atomic E-state index is 5.16. The maximum Gasteiger partial charge on any atom is 0.166 e. The molecule has 1 rings (SSSR count). The topological polar surface area (TPSA) is 37.2 Å². The van der Waals surface area contributed by atoms with Crippen molar-refractivity contribution >= 4 is 17.3 Å². The maximum absolute atomic E-state index is 5.16.